The maximum atomic E-state index is 11.8. The van der Waals surface area contributed by atoms with E-state index in [1.54, 1.807) is 4.90 Å². The number of amides is 1. The van der Waals surface area contributed by atoms with Gasteiger partial charge >= 0.3 is 5.69 Å². The lowest BCUT2D eigenvalue weighted by Gasteiger charge is -2.15. The van der Waals surface area contributed by atoms with Crippen LogP contribution in [-0.4, -0.2) is 45.3 Å². The Morgan fingerprint density at radius 2 is 2.16 bits per heavy atom. The molecule has 9 heteroatoms. The standard InChI is InChI=1S/C10H14N6O3/c11-9-8(16(18)19)10(14-6-13-9)12-5-7(17)15-3-1-2-4-15/h6H,1-5H2,(H3,11,12,13,14). The molecule has 2 heterocycles. The quantitative estimate of drug-likeness (QED) is 0.580. The number of aromatic nitrogens is 2. The van der Waals surface area contributed by atoms with Crippen molar-refractivity contribution in [3.8, 4) is 0 Å². The lowest BCUT2D eigenvalue weighted by molar-refractivity contribution is -0.383. The van der Waals surface area contributed by atoms with Crippen molar-refractivity contribution in [2.75, 3.05) is 30.7 Å². The molecule has 102 valence electrons. The van der Waals surface area contributed by atoms with Crippen LogP contribution in [0.4, 0.5) is 17.3 Å². The van der Waals surface area contributed by atoms with Gasteiger partial charge in [-0.25, -0.2) is 9.97 Å². The van der Waals surface area contributed by atoms with Gasteiger partial charge in [0.25, 0.3) is 0 Å². The number of nitrogens with zero attached hydrogens (tertiary/aromatic N) is 4. The Morgan fingerprint density at radius 1 is 1.47 bits per heavy atom. The van der Waals surface area contributed by atoms with Crippen molar-refractivity contribution < 1.29 is 9.72 Å². The van der Waals surface area contributed by atoms with E-state index in [0.717, 1.165) is 32.3 Å². The van der Waals surface area contributed by atoms with Crippen LogP contribution >= 0.6 is 0 Å². The highest BCUT2D eigenvalue weighted by molar-refractivity contribution is 5.82. The van der Waals surface area contributed by atoms with Gasteiger partial charge in [-0.15, -0.1) is 0 Å². The molecular weight excluding hydrogens is 252 g/mol. The number of nitrogen functional groups attached to an aromatic ring is 1. The first kappa shape index (κ1) is 13.0. The number of likely N-dealkylation sites (tertiary alicyclic amines) is 1. The molecule has 9 nitrogen and oxygen atoms in total. The van der Waals surface area contributed by atoms with Gasteiger partial charge in [-0.1, -0.05) is 0 Å². The number of carbonyl (C=O) groups excluding carboxylic acids is 1. The van der Waals surface area contributed by atoms with Gasteiger partial charge in [-0.2, -0.15) is 0 Å². The highest BCUT2D eigenvalue weighted by Crippen LogP contribution is 2.25. The SMILES string of the molecule is Nc1ncnc(NCC(=O)N2CCCC2)c1[N+](=O)[O-]. The number of carbonyl (C=O) groups is 1. The first-order valence-electron chi connectivity index (χ1n) is 5.86. The Morgan fingerprint density at radius 3 is 2.79 bits per heavy atom. The minimum Gasteiger partial charge on any atom is -0.378 e. The largest absolute Gasteiger partial charge is 0.378 e. The lowest BCUT2D eigenvalue weighted by atomic mass is 10.4. The normalized spacial score (nSPS) is 14.4. The molecule has 19 heavy (non-hydrogen) atoms. The fourth-order valence-corrected chi connectivity index (χ4v) is 1.94. The van der Waals surface area contributed by atoms with Crippen molar-refractivity contribution in [2.24, 2.45) is 0 Å². The predicted molar refractivity (Wildman–Crippen MR) is 67.4 cm³/mol. The molecule has 1 aromatic heterocycles. The van der Waals surface area contributed by atoms with Crippen LogP contribution in [0.1, 0.15) is 12.8 Å². The van der Waals surface area contributed by atoms with Crippen molar-refractivity contribution in [3.05, 3.63) is 16.4 Å². The summed E-state index contributed by atoms with van der Waals surface area (Å²) >= 11 is 0. The predicted octanol–water partition coefficient (Wildman–Crippen LogP) is 0.00130. The minimum absolute atomic E-state index is 0.0370. The van der Waals surface area contributed by atoms with Gasteiger partial charge in [0, 0.05) is 13.1 Å². The van der Waals surface area contributed by atoms with E-state index >= 15 is 0 Å². The van der Waals surface area contributed by atoms with Crippen LogP contribution in [-0.2, 0) is 4.79 Å². The zero-order valence-electron chi connectivity index (χ0n) is 10.2. The second-order valence-electron chi connectivity index (χ2n) is 4.15. The van der Waals surface area contributed by atoms with Crippen LogP contribution in [0.3, 0.4) is 0 Å². The number of hydrogen-bond donors (Lipinski definition) is 2. The summed E-state index contributed by atoms with van der Waals surface area (Å²) in [6.45, 7) is 1.42. The van der Waals surface area contributed by atoms with Gasteiger partial charge < -0.3 is 16.0 Å². The molecule has 1 amide bonds. The van der Waals surface area contributed by atoms with Gasteiger partial charge in [0.2, 0.25) is 17.5 Å². The summed E-state index contributed by atoms with van der Waals surface area (Å²) in [4.78, 5) is 31.0. The second-order valence-corrected chi connectivity index (χ2v) is 4.15. The average molecular weight is 266 g/mol. The third-order valence-corrected chi connectivity index (χ3v) is 2.90. The van der Waals surface area contributed by atoms with Crippen molar-refractivity contribution in [1.29, 1.82) is 0 Å². The highest BCUT2D eigenvalue weighted by atomic mass is 16.6. The topological polar surface area (TPSA) is 127 Å². The molecule has 1 aromatic rings. The van der Waals surface area contributed by atoms with Crippen LogP contribution in [0.15, 0.2) is 6.33 Å². The van der Waals surface area contributed by atoms with E-state index < -0.39 is 10.6 Å². The summed E-state index contributed by atoms with van der Waals surface area (Å²) < 4.78 is 0. The average Bonchev–Trinajstić information content (AvgIpc) is 2.89. The smallest absolute Gasteiger partial charge is 0.352 e. The number of nitrogens with one attached hydrogen (secondary N) is 1. The zero-order valence-corrected chi connectivity index (χ0v) is 10.2. The molecule has 0 aromatic carbocycles. The molecule has 0 bridgehead atoms. The zero-order chi connectivity index (χ0) is 13.8. The second kappa shape index (κ2) is 5.46. The fraction of sp³-hybridized carbons (Fsp3) is 0.500. The summed E-state index contributed by atoms with van der Waals surface area (Å²) in [5, 5.41) is 13.5. The molecule has 0 spiro atoms. The molecule has 1 aliphatic heterocycles. The molecule has 0 saturated carbocycles. The van der Waals surface area contributed by atoms with Gasteiger partial charge in [0.15, 0.2) is 0 Å². The Kier molecular flexibility index (Phi) is 3.74. The van der Waals surface area contributed by atoms with E-state index in [1.807, 2.05) is 0 Å². The van der Waals surface area contributed by atoms with Crippen LogP contribution < -0.4 is 11.1 Å². The lowest BCUT2D eigenvalue weighted by Crippen LogP contribution is -2.33. The van der Waals surface area contributed by atoms with Gasteiger partial charge in [0.05, 0.1) is 11.5 Å². The van der Waals surface area contributed by atoms with Crippen LogP contribution in [0.5, 0.6) is 0 Å². The monoisotopic (exact) mass is 266 g/mol. The maximum absolute atomic E-state index is 11.8. The van der Waals surface area contributed by atoms with E-state index in [0.29, 0.717) is 0 Å². The molecule has 0 radical (unpaired) electrons. The van der Waals surface area contributed by atoms with Crippen molar-refractivity contribution in [3.63, 3.8) is 0 Å². The summed E-state index contributed by atoms with van der Waals surface area (Å²) in [6.07, 6.45) is 3.10. The molecule has 1 fully saturated rings. The van der Waals surface area contributed by atoms with Crippen LogP contribution in [0.2, 0.25) is 0 Å². The fourth-order valence-electron chi connectivity index (χ4n) is 1.94. The van der Waals surface area contributed by atoms with E-state index in [4.69, 9.17) is 5.73 Å². The Labute approximate surface area is 109 Å². The summed E-state index contributed by atoms with van der Waals surface area (Å²) in [6, 6.07) is 0. The molecule has 3 N–H and O–H groups in total. The molecule has 0 atom stereocenters. The Balaban J connectivity index is 2.05. The van der Waals surface area contributed by atoms with E-state index in [-0.39, 0.29) is 24.1 Å². The number of nitrogens with two attached hydrogens (primary N) is 1. The van der Waals surface area contributed by atoms with E-state index in [1.165, 1.54) is 0 Å². The van der Waals surface area contributed by atoms with Gasteiger partial charge in [-0.05, 0) is 12.8 Å². The molecule has 0 unspecified atom stereocenters. The molecule has 1 saturated heterocycles. The van der Waals surface area contributed by atoms with Crippen molar-refractivity contribution in [1.82, 2.24) is 14.9 Å². The third kappa shape index (κ3) is 2.87. The highest BCUT2D eigenvalue weighted by Gasteiger charge is 2.23. The van der Waals surface area contributed by atoms with E-state index in [2.05, 4.69) is 15.3 Å². The summed E-state index contributed by atoms with van der Waals surface area (Å²) in [5.74, 6) is -0.370. The minimum atomic E-state index is -0.669. The molecule has 0 aliphatic carbocycles. The first-order chi connectivity index (χ1) is 9.09. The summed E-state index contributed by atoms with van der Waals surface area (Å²) in [7, 11) is 0. The number of anilines is 2. The number of hydrogen-bond acceptors (Lipinski definition) is 7. The molecule has 1 aliphatic rings. The molecule has 2 rings (SSSR count). The number of rotatable bonds is 4. The van der Waals surface area contributed by atoms with Crippen LogP contribution in [0.25, 0.3) is 0 Å². The van der Waals surface area contributed by atoms with E-state index in [9.17, 15) is 14.9 Å². The van der Waals surface area contributed by atoms with Crippen LogP contribution in [0, 0.1) is 10.1 Å². The van der Waals surface area contributed by atoms with Gasteiger partial charge in [-0.3, -0.25) is 14.9 Å². The Hall–Kier alpha value is -2.45. The third-order valence-electron chi connectivity index (χ3n) is 2.90. The van der Waals surface area contributed by atoms with Crippen molar-refractivity contribution >= 4 is 23.2 Å². The first-order valence-corrected chi connectivity index (χ1v) is 5.86. The van der Waals surface area contributed by atoms with Gasteiger partial charge in [0.1, 0.15) is 6.33 Å². The summed E-state index contributed by atoms with van der Waals surface area (Å²) in [5.41, 5.74) is 5.02. The maximum Gasteiger partial charge on any atom is 0.352 e. The van der Waals surface area contributed by atoms with Crippen molar-refractivity contribution in [2.45, 2.75) is 12.8 Å². The number of nitro groups is 1. The Bertz CT molecular complexity index is 500. The molecular formula is C10H14N6O3.